The second kappa shape index (κ2) is 7.18. The Morgan fingerprint density at radius 1 is 1.17 bits per heavy atom. The molecule has 2 fully saturated rings. The molecule has 0 spiro atoms. The summed E-state index contributed by atoms with van der Waals surface area (Å²) in [5.74, 6) is -0.0575. The van der Waals surface area contributed by atoms with Crippen LogP contribution >= 0.6 is 0 Å². The van der Waals surface area contributed by atoms with Crippen molar-refractivity contribution in [3.8, 4) is 0 Å². The van der Waals surface area contributed by atoms with Crippen LogP contribution in [0.25, 0.3) is 0 Å². The molecule has 2 aliphatic rings. The number of cyclic esters (lactones) is 1. The summed E-state index contributed by atoms with van der Waals surface area (Å²) in [5.41, 5.74) is 0.505. The molecule has 1 saturated carbocycles. The average Bonchev–Trinajstić information content (AvgIpc) is 3.07. The molecule has 2 atom stereocenters. The highest BCUT2D eigenvalue weighted by atomic mass is 32.2. The van der Waals surface area contributed by atoms with Crippen molar-refractivity contribution >= 4 is 22.6 Å². The maximum Gasteiger partial charge on any atom is 0.313 e. The molecule has 0 aromatic heterocycles. The summed E-state index contributed by atoms with van der Waals surface area (Å²) in [7, 11) is -0.979. The Balaban J connectivity index is 1.75. The van der Waals surface area contributed by atoms with Crippen LogP contribution in [0.1, 0.15) is 50.5 Å². The third-order valence-electron chi connectivity index (χ3n) is 5.35. The number of aryl methyl sites for hydroxylation is 1. The van der Waals surface area contributed by atoms with Gasteiger partial charge in [0.05, 0.1) is 0 Å². The van der Waals surface area contributed by atoms with Crippen molar-refractivity contribution in [2.24, 2.45) is 5.92 Å². The van der Waals surface area contributed by atoms with E-state index in [0.29, 0.717) is 18.8 Å². The number of ketones is 1. The standard InChI is InChI=1S/C19H24O4S/c1-24(22)17-8-6-14(7-9-17)10-11-19(15-4-2-3-5-15)13-16(20)12-18(21)23-19/h6-9,15H,2-5,10-13H2,1H3. The summed E-state index contributed by atoms with van der Waals surface area (Å²) in [6.45, 7) is 0. The highest BCUT2D eigenvalue weighted by molar-refractivity contribution is 7.84. The van der Waals surface area contributed by atoms with Crippen molar-refractivity contribution < 1.29 is 18.5 Å². The van der Waals surface area contributed by atoms with Crippen molar-refractivity contribution in [1.82, 2.24) is 0 Å². The molecular formula is C19H24O4S. The lowest BCUT2D eigenvalue weighted by Gasteiger charge is -2.41. The van der Waals surface area contributed by atoms with E-state index in [1.54, 1.807) is 6.26 Å². The zero-order chi connectivity index (χ0) is 17.2. The summed E-state index contributed by atoms with van der Waals surface area (Å²) >= 11 is 0. The predicted molar refractivity (Wildman–Crippen MR) is 92.1 cm³/mol. The fourth-order valence-electron chi connectivity index (χ4n) is 4.08. The highest BCUT2D eigenvalue weighted by Gasteiger charge is 2.47. The zero-order valence-electron chi connectivity index (χ0n) is 14.1. The summed E-state index contributed by atoms with van der Waals surface area (Å²) in [4.78, 5) is 24.8. The second-order valence-corrected chi connectivity index (χ2v) is 8.39. The van der Waals surface area contributed by atoms with Crippen LogP contribution in [0, 0.1) is 5.92 Å². The summed E-state index contributed by atoms with van der Waals surface area (Å²) in [6, 6.07) is 7.72. The molecule has 0 N–H and O–H groups in total. The van der Waals surface area contributed by atoms with E-state index in [9.17, 15) is 13.8 Å². The molecule has 3 rings (SSSR count). The first-order chi connectivity index (χ1) is 11.5. The summed E-state index contributed by atoms with van der Waals surface area (Å²) < 4.78 is 17.3. The third-order valence-corrected chi connectivity index (χ3v) is 6.28. The second-order valence-electron chi connectivity index (χ2n) is 7.01. The van der Waals surface area contributed by atoms with Gasteiger partial charge in [-0.05, 0) is 49.3 Å². The van der Waals surface area contributed by atoms with Crippen molar-refractivity contribution in [1.29, 1.82) is 0 Å². The topological polar surface area (TPSA) is 60.4 Å². The number of carbonyl (C=O) groups excluding carboxylic acids is 2. The van der Waals surface area contributed by atoms with E-state index >= 15 is 0 Å². The number of benzene rings is 1. The number of Topliss-reactive ketones (excluding diaryl/α,β-unsaturated/α-hetero) is 1. The molecule has 1 heterocycles. The lowest BCUT2D eigenvalue weighted by atomic mass is 9.76. The van der Waals surface area contributed by atoms with Crippen LogP contribution in [0.4, 0.5) is 0 Å². The van der Waals surface area contributed by atoms with Gasteiger partial charge in [0, 0.05) is 28.4 Å². The smallest absolute Gasteiger partial charge is 0.313 e. The van der Waals surface area contributed by atoms with Crippen LogP contribution in [-0.2, 0) is 31.5 Å². The Morgan fingerprint density at radius 2 is 1.83 bits per heavy atom. The van der Waals surface area contributed by atoms with Crippen LogP contribution in [0.3, 0.4) is 0 Å². The van der Waals surface area contributed by atoms with E-state index in [-0.39, 0.29) is 18.2 Å². The highest BCUT2D eigenvalue weighted by Crippen LogP contribution is 2.43. The number of ether oxygens (including phenoxy) is 1. The van der Waals surface area contributed by atoms with Gasteiger partial charge in [0.2, 0.25) is 0 Å². The van der Waals surface area contributed by atoms with Crippen molar-refractivity contribution in [2.75, 3.05) is 6.26 Å². The Hall–Kier alpha value is -1.49. The number of hydrogen-bond donors (Lipinski definition) is 0. The van der Waals surface area contributed by atoms with Crippen LogP contribution in [0.2, 0.25) is 0 Å². The number of carbonyl (C=O) groups is 2. The SMILES string of the molecule is CS(=O)c1ccc(CCC2(C3CCCC3)CC(=O)CC(=O)O2)cc1. The molecule has 2 unspecified atom stereocenters. The lowest BCUT2D eigenvalue weighted by Crippen LogP contribution is -2.48. The van der Waals surface area contributed by atoms with E-state index in [4.69, 9.17) is 4.74 Å². The largest absolute Gasteiger partial charge is 0.458 e. The van der Waals surface area contributed by atoms with Gasteiger partial charge in [0.25, 0.3) is 0 Å². The van der Waals surface area contributed by atoms with Gasteiger partial charge in [-0.25, -0.2) is 0 Å². The van der Waals surface area contributed by atoms with Crippen LogP contribution in [0.15, 0.2) is 29.2 Å². The minimum Gasteiger partial charge on any atom is -0.458 e. The molecule has 1 saturated heterocycles. The third kappa shape index (κ3) is 3.77. The first-order valence-electron chi connectivity index (χ1n) is 8.64. The maximum atomic E-state index is 12.0. The van der Waals surface area contributed by atoms with Gasteiger partial charge in [-0.3, -0.25) is 13.8 Å². The molecule has 4 nitrogen and oxygen atoms in total. The number of hydrogen-bond acceptors (Lipinski definition) is 4. The molecule has 24 heavy (non-hydrogen) atoms. The van der Waals surface area contributed by atoms with Crippen molar-refractivity contribution in [3.05, 3.63) is 29.8 Å². The zero-order valence-corrected chi connectivity index (χ0v) is 14.9. The van der Waals surface area contributed by atoms with Crippen molar-refractivity contribution in [2.45, 2.75) is 61.9 Å². The van der Waals surface area contributed by atoms with Gasteiger partial charge in [-0.15, -0.1) is 0 Å². The number of esters is 1. The molecule has 0 bridgehead atoms. The van der Waals surface area contributed by atoms with E-state index in [2.05, 4.69) is 0 Å². The van der Waals surface area contributed by atoms with Crippen molar-refractivity contribution in [3.63, 3.8) is 0 Å². The Labute approximate surface area is 145 Å². The first kappa shape index (κ1) is 17.3. The van der Waals surface area contributed by atoms with Gasteiger partial charge in [0.15, 0.2) is 0 Å². The fraction of sp³-hybridized carbons (Fsp3) is 0.579. The monoisotopic (exact) mass is 348 g/mol. The first-order valence-corrected chi connectivity index (χ1v) is 10.2. The minimum absolute atomic E-state index is 0.00915. The molecule has 1 aliphatic carbocycles. The van der Waals surface area contributed by atoms with Crippen LogP contribution < -0.4 is 0 Å². The minimum atomic E-state index is -0.979. The Kier molecular flexibility index (Phi) is 5.18. The normalized spacial score (nSPS) is 26.4. The van der Waals surface area contributed by atoms with E-state index in [1.807, 2.05) is 24.3 Å². The van der Waals surface area contributed by atoms with Gasteiger partial charge < -0.3 is 4.74 Å². The fourth-order valence-corrected chi connectivity index (χ4v) is 4.60. The van der Waals surface area contributed by atoms with E-state index < -0.39 is 16.4 Å². The van der Waals surface area contributed by atoms with Crippen LogP contribution in [-0.4, -0.2) is 27.8 Å². The molecule has 1 aromatic carbocycles. The van der Waals surface area contributed by atoms with Crippen LogP contribution in [0.5, 0.6) is 0 Å². The molecule has 1 aromatic rings. The molecule has 1 aliphatic heterocycles. The average molecular weight is 348 g/mol. The summed E-state index contributed by atoms with van der Waals surface area (Å²) in [6.07, 6.45) is 7.76. The Morgan fingerprint density at radius 3 is 2.42 bits per heavy atom. The van der Waals surface area contributed by atoms with Gasteiger partial charge in [-0.1, -0.05) is 25.0 Å². The molecule has 130 valence electrons. The molecule has 0 amide bonds. The lowest BCUT2D eigenvalue weighted by molar-refractivity contribution is -0.178. The maximum absolute atomic E-state index is 12.0. The molecule has 0 radical (unpaired) electrons. The summed E-state index contributed by atoms with van der Waals surface area (Å²) in [5, 5.41) is 0. The van der Waals surface area contributed by atoms with E-state index in [0.717, 1.165) is 42.6 Å². The van der Waals surface area contributed by atoms with Gasteiger partial charge in [-0.2, -0.15) is 0 Å². The van der Waals surface area contributed by atoms with E-state index in [1.165, 1.54) is 0 Å². The Bertz CT molecular complexity index is 628. The number of rotatable bonds is 5. The molecule has 5 heteroatoms. The predicted octanol–water partition coefficient (Wildman–Crippen LogP) is 3.19. The van der Waals surface area contributed by atoms with Gasteiger partial charge in [0.1, 0.15) is 17.8 Å². The van der Waals surface area contributed by atoms with Gasteiger partial charge >= 0.3 is 5.97 Å². The quantitative estimate of drug-likeness (QED) is 0.606. The molecular weight excluding hydrogens is 324 g/mol.